The minimum atomic E-state index is -0.764. The van der Waals surface area contributed by atoms with Gasteiger partial charge in [-0.2, -0.15) is 0 Å². The van der Waals surface area contributed by atoms with Gasteiger partial charge in [-0.3, -0.25) is 4.79 Å². The summed E-state index contributed by atoms with van der Waals surface area (Å²) < 4.78 is 5.41. The van der Waals surface area contributed by atoms with Crippen molar-refractivity contribution in [1.82, 2.24) is 4.98 Å². The summed E-state index contributed by atoms with van der Waals surface area (Å²) in [6, 6.07) is 3.72. The highest BCUT2D eigenvalue weighted by molar-refractivity contribution is 5.76. The van der Waals surface area contributed by atoms with Crippen LogP contribution in [0.1, 0.15) is 19.0 Å². The van der Waals surface area contributed by atoms with Gasteiger partial charge in [-0.05, 0) is 25.1 Å². The van der Waals surface area contributed by atoms with Gasteiger partial charge in [0.05, 0.1) is 17.5 Å². The highest BCUT2D eigenvalue weighted by atomic mass is 16.5. The van der Waals surface area contributed by atoms with Crippen molar-refractivity contribution in [1.29, 1.82) is 0 Å². The summed E-state index contributed by atoms with van der Waals surface area (Å²) in [5.41, 5.74) is 1.57. The standard InChI is InChI=1S/C13H16N2O3/c1-9(16)8-11(17)4-2-10-3-5-12-13(15-10)18-7-6-14-12/h2-5,11,14,17H,6-8H2,1H3/b4-2+. The first-order valence-electron chi connectivity index (χ1n) is 5.88. The van der Waals surface area contributed by atoms with Gasteiger partial charge >= 0.3 is 0 Å². The molecule has 0 aromatic carbocycles. The number of aliphatic hydroxyl groups excluding tert-OH is 1. The molecule has 1 aliphatic heterocycles. The van der Waals surface area contributed by atoms with Crippen LogP contribution in [0.2, 0.25) is 0 Å². The number of nitrogens with zero attached hydrogens (tertiary/aromatic N) is 1. The normalized spacial score (nSPS) is 15.7. The Balaban J connectivity index is 2.05. The number of Topliss-reactive ketones (excluding diaryl/α,β-unsaturated/α-hetero) is 1. The molecule has 0 saturated heterocycles. The van der Waals surface area contributed by atoms with Crippen LogP contribution in [0.15, 0.2) is 18.2 Å². The number of ether oxygens (including phenoxy) is 1. The predicted octanol–water partition coefficient (Wildman–Crippen LogP) is 1.24. The van der Waals surface area contributed by atoms with Gasteiger partial charge in [-0.15, -0.1) is 0 Å². The van der Waals surface area contributed by atoms with Crippen LogP contribution in [0.4, 0.5) is 5.69 Å². The number of carbonyl (C=O) groups excluding carboxylic acids is 1. The quantitative estimate of drug-likeness (QED) is 0.838. The van der Waals surface area contributed by atoms with Crippen LogP contribution in [-0.2, 0) is 4.79 Å². The minimum Gasteiger partial charge on any atom is -0.474 e. The molecule has 0 fully saturated rings. The van der Waals surface area contributed by atoms with Crippen molar-refractivity contribution >= 4 is 17.5 Å². The smallest absolute Gasteiger partial charge is 0.237 e. The maximum Gasteiger partial charge on any atom is 0.237 e. The topological polar surface area (TPSA) is 71.5 Å². The molecule has 5 heteroatoms. The maximum atomic E-state index is 10.8. The molecule has 2 rings (SSSR count). The van der Waals surface area contributed by atoms with Crippen molar-refractivity contribution in [2.45, 2.75) is 19.4 Å². The maximum absolute atomic E-state index is 10.8. The van der Waals surface area contributed by atoms with Crippen molar-refractivity contribution in [3.63, 3.8) is 0 Å². The van der Waals surface area contributed by atoms with Crippen LogP contribution in [0.5, 0.6) is 5.88 Å². The van der Waals surface area contributed by atoms with Crippen molar-refractivity contribution in [3.05, 3.63) is 23.9 Å². The van der Waals surface area contributed by atoms with E-state index >= 15 is 0 Å². The number of hydrogen-bond acceptors (Lipinski definition) is 5. The van der Waals surface area contributed by atoms with E-state index in [2.05, 4.69) is 10.3 Å². The summed E-state index contributed by atoms with van der Waals surface area (Å²) in [4.78, 5) is 15.1. The van der Waals surface area contributed by atoms with E-state index in [4.69, 9.17) is 4.74 Å². The third-order valence-electron chi connectivity index (χ3n) is 2.52. The van der Waals surface area contributed by atoms with E-state index in [-0.39, 0.29) is 12.2 Å². The third-order valence-corrected chi connectivity index (χ3v) is 2.52. The van der Waals surface area contributed by atoms with E-state index in [9.17, 15) is 9.90 Å². The number of ketones is 1. The molecule has 1 aromatic rings. The lowest BCUT2D eigenvalue weighted by atomic mass is 10.1. The molecule has 2 N–H and O–H groups in total. The molecule has 0 saturated carbocycles. The summed E-state index contributed by atoms with van der Waals surface area (Å²) in [5.74, 6) is 0.530. The van der Waals surface area contributed by atoms with Crippen LogP contribution in [0, 0.1) is 0 Å². The summed E-state index contributed by atoms with van der Waals surface area (Å²) in [5, 5.41) is 12.7. The Morgan fingerprint density at radius 3 is 3.28 bits per heavy atom. The van der Waals surface area contributed by atoms with Crippen molar-refractivity contribution in [2.24, 2.45) is 0 Å². The van der Waals surface area contributed by atoms with E-state index in [1.54, 1.807) is 12.2 Å². The molecule has 0 amide bonds. The average molecular weight is 248 g/mol. The lowest BCUT2D eigenvalue weighted by Gasteiger charge is -2.17. The number of rotatable bonds is 4. The fraction of sp³-hybridized carbons (Fsp3) is 0.385. The number of aromatic nitrogens is 1. The monoisotopic (exact) mass is 248 g/mol. The Hall–Kier alpha value is -1.88. The largest absolute Gasteiger partial charge is 0.474 e. The predicted molar refractivity (Wildman–Crippen MR) is 68.6 cm³/mol. The first kappa shape index (κ1) is 12.6. The van der Waals surface area contributed by atoms with E-state index in [0.29, 0.717) is 18.2 Å². The second-order valence-electron chi connectivity index (χ2n) is 4.20. The van der Waals surface area contributed by atoms with Crippen molar-refractivity contribution in [3.8, 4) is 5.88 Å². The third kappa shape index (κ3) is 3.30. The number of pyridine rings is 1. The molecule has 2 heterocycles. The lowest BCUT2D eigenvalue weighted by Crippen LogP contribution is -2.18. The Bertz CT molecular complexity index is 471. The number of carbonyl (C=O) groups is 1. The zero-order chi connectivity index (χ0) is 13.0. The molecule has 0 aliphatic carbocycles. The van der Waals surface area contributed by atoms with Gasteiger partial charge in [0.25, 0.3) is 0 Å². The molecule has 5 nitrogen and oxygen atoms in total. The van der Waals surface area contributed by atoms with Gasteiger partial charge in [0.1, 0.15) is 12.4 Å². The van der Waals surface area contributed by atoms with E-state index in [1.165, 1.54) is 6.92 Å². The second-order valence-corrected chi connectivity index (χ2v) is 4.20. The van der Waals surface area contributed by atoms with Gasteiger partial charge in [-0.25, -0.2) is 4.98 Å². The first-order chi connectivity index (χ1) is 8.65. The van der Waals surface area contributed by atoms with Crippen LogP contribution < -0.4 is 10.1 Å². The SMILES string of the molecule is CC(=O)CC(O)/C=C/c1ccc2c(n1)OCCN2. The molecular formula is C13H16N2O3. The number of fused-ring (bicyclic) bond motifs is 1. The molecule has 1 aromatic heterocycles. The van der Waals surface area contributed by atoms with E-state index in [1.807, 2.05) is 12.1 Å². The minimum absolute atomic E-state index is 0.0434. The fourth-order valence-corrected chi connectivity index (χ4v) is 1.70. The highest BCUT2D eigenvalue weighted by Crippen LogP contribution is 2.24. The molecule has 1 atom stereocenters. The van der Waals surface area contributed by atoms with Gasteiger partial charge in [-0.1, -0.05) is 6.08 Å². The molecule has 96 valence electrons. The summed E-state index contributed by atoms with van der Waals surface area (Å²) in [6.45, 7) is 2.83. The van der Waals surface area contributed by atoms with E-state index in [0.717, 1.165) is 12.2 Å². The fourth-order valence-electron chi connectivity index (χ4n) is 1.70. The molecule has 0 radical (unpaired) electrons. The van der Waals surface area contributed by atoms with Gasteiger partial charge in [0.2, 0.25) is 5.88 Å². The first-order valence-corrected chi connectivity index (χ1v) is 5.88. The second kappa shape index (κ2) is 5.64. The Morgan fingerprint density at radius 1 is 1.67 bits per heavy atom. The van der Waals surface area contributed by atoms with Gasteiger partial charge in [0, 0.05) is 13.0 Å². The summed E-state index contributed by atoms with van der Waals surface area (Å²) in [7, 11) is 0. The number of hydrogen-bond donors (Lipinski definition) is 2. The molecule has 0 spiro atoms. The zero-order valence-corrected chi connectivity index (χ0v) is 10.2. The molecule has 1 aliphatic rings. The van der Waals surface area contributed by atoms with Crippen LogP contribution in [-0.4, -0.2) is 35.1 Å². The van der Waals surface area contributed by atoms with Crippen LogP contribution in [0.25, 0.3) is 6.08 Å². The van der Waals surface area contributed by atoms with Gasteiger partial charge in [0.15, 0.2) is 0 Å². The zero-order valence-electron chi connectivity index (χ0n) is 10.2. The Labute approximate surface area is 105 Å². The van der Waals surface area contributed by atoms with Crippen LogP contribution in [0.3, 0.4) is 0 Å². The van der Waals surface area contributed by atoms with E-state index < -0.39 is 6.10 Å². The highest BCUT2D eigenvalue weighted by Gasteiger charge is 2.10. The van der Waals surface area contributed by atoms with Crippen LogP contribution >= 0.6 is 0 Å². The lowest BCUT2D eigenvalue weighted by molar-refractivity contribution is -0.118. The van der Waals surface area contributed by atoms with Crippen molar-refractivity contribution in [2.75, 3.05) is 18.5 Å². The van der Waals surface area contributed by atoms with Crippen molar-refractivity contribution < 1.29 is 14.6 Å². The molecule has 18 heavy (non-hydrogen) atoms. The Kier molecular flexibility index (Phi) is 3.94. The van der Waals surface area contributed by atoms with Gasteiger partial charge < -0.3 is 15.2 Å². The molecular weight excluding hydrogens is 232 g/mol. The number of nitrogens with one attached hydrogen (secondary N) is 1. The number of aliphatic hydroxyl groups is 1. The molecule has 1 unspecified atom stereocenters. The number of anilines is 1. The average Bonchev–Trinajstić information content (AvgIpc) is 2.35. The summed E-state index contributed by atoms with van der Waals surface area (Å²) in [6.07, 6.45) is 2.61. The molecule has 0 bridgehead atoms. The summed E-state index contributed by atoms with van der Waals surface area (Å²) >= 11 is 0. The Morgan fingerprint density at radius 2 is 2.50 bits per heavy atom.